The first kappa shape index (κ1) is 25.4. The molecular formula is C46H28. The van der Waals surface area contributed by atoms with Crippen LogP contribution in [0.4, 0.5) is 0 Å². The van der Waals surface area contributed by atoms with Gasteiger partial charge in [-0.2, -0.15) is 0 Å². The van der Waals surface area contributed by atoms with Crippen LogP contribution in [-0.4, -0.2) is 0 Å². The summed E-state index contributed by atoms with van der Waals surface area (Å²) in [7, 11) is 0. The SMILES string of the molecule is c1ccc(-c2cc3ccccc3cc2-c2ccc(-c3cc4ccccc4c4ccccc34)c3c2-c2cccc4cccc-3c24)cc1. The molecule has 0 N–H and O–H groups in total. The minimum atomic E-state index is 1.23. The van der Waals surface area contributed by atoms with E-state index in [2.05, 4.69) is 170 Å². The molecule has 0 heterocycles. The Balaban J connectivity index is 1.36. The minimum Gasteiger partial charge on any atom is -0.0622 e. The van der Waals surface area contributed by atoms with Gasteiger partial charge in [-0.15, -0.1) is 0 Å². The van der Waals surface area contributed by atoms with Crippen molar-refractivity contribution >= 4 is 43.1 Å². The molecule has 0 fully saturated rings. The van der Waals surface area contributed by atoms with E-state index in [9.17, 15) is 0 Å². The molecule has 212 valence electrons. The van der Waals surface area contributed by atoms with Gasteiger partial charge in [-0.1, -0.05) is 152 Å². The zero-order valence-electron chi connectivity index (χ0n) is 25.2. The molecule has 1 aliphatic rings. The van der Waals surface area contributed by atoms with Crippen LogP contribution in [0, 0.1) is 0 Å². The van der Waals surface area contributed by atoms with E-state index >= 15 is 0 Å². The van der Waals surface area contributed by atoms with Gasteiger partial charge in [-0.3, -0.25) is 0 Å². The van der Waals surface area contributed by atoms with Gasteiger partial charge in [-0.05, 0) is 117 Å². The lowest BCUT2D eigenvalue weighted by atomic mass is 9.83. The molecule has 9 aromatic carbocycles. The first-order valence-electron chi connectivity index (χ1n) is 16.0. The van der Waals surface area contributed by atoms with Crippen LogP contribution >= 0.6 is 0 Å². The molecule has 0 saturated carbocycles. The predicted molar refractivity (Wildman–Crippen MR) is 197 cm³/mol. The van der Waals surface area contributed by atoms with Crippen LogP contribution < -0.4 is 0 Å². The molecule has 0 radical (unpaired) electrons. The second kappa shape index (κ2) is 9.76. The Morgan fingerprint density at radius 2 is 0.739 bits per heavy atom. The lowest BCUT2D eigenvalue weighted by molar-refractivity contribution is 1.60. The molecule has 1 aliphatic carbocycles. The van der Waals surface area contributed by atoms with Crippen molar-refractivity contribution in [3.05, 3.63) is 170 Å². The summed E-state index contributed by atoms with van der Waals surface area (Å²) in [5.74, 6) is 0. The smallest absolute Gasteiger partial charge is 0.00137 e. The van der Waals surface area contributed by atoms with Gasteiger partial charge in [0.2, 0.25) is 0 Å². The summed E-state index contributed by atoms with van der Waals surface area (Å²) >= 11 is 0. The molecule has 46 heavy (non-hydrogen) atoms. The van der Waals surface area contributed by atoms with Crippen molar-refractivity contribution in [2.45, 2.75) is 0 Å². The Labute approximate surface area is 267 Å². The summed E-state index contributed by atoms with van der Waals surface area (Å²) in [5, 5.41) is 10.3. The summed E-state index contributed by atoms with van der Waals surface area (Å²) < 4.78 is 0. The third kappa shape index (κ3) is 3.62. The highest BCUT2D eigenvalue weighted by atomic mass is 14.3. The quantitative estimate of drug-likeness (QED) is 0.182. The van der Waals surface area contributed by atoms with Crippen molar-refractivity contribution < 1.29 is 0 Å². The van der Waals surface area contributed by atoms with Crippen LogP contribution in [0.1, 0.15) is 0 Å². The molecule has 0 amide bonds. The monoisotopic (exact) mass is 580 g/mol. The van der Waals surface area contributed by atoms with Crippen molar-refractivity contribution in [3.8, 4) is 55.6 Å². The van der Waals surface area contributed by atoms with E-state index < -0.39 is 0 Å². The van der Waals surface area contributed by atoms with Crippen LogP contribution in [0.3, 0.4) is 0 Å². The Morgan fingerprint density at radius 3 is 1.43 bits per heavy atom. The fourth-order valence-corrected chi connectivity index (χ4v) is 7.97. The molecule has 9 aromatic rings. The van der Waals surface area contributed by atoms with Gasteiger partial charge in [0, 0.05) is 0 Å². The van der Waals surface area contributed by atoms with Crippen LogP contribution in [-0.2, 0) is 0 Å². The Bertz CT molecular complexity index is 2670. The summed E-state index contributed by atoms with van der Waals surface area (Å²) in [6, 6.07) is 62.8. The number of hydrogen-bond acceptors (Lipinski definition) is 0. The van der Waals surface area contributed by atoms with Crippen molar-refractivity contribution in [1.29, 1.82) is 0 Å². The van der Waals surface area contributed by atoms with E-state index in [0.717, 1.165) is 0 Å². The van der Waals surface area contributed by atoms with Crippen LogP contribution in [0.25, 0.3) is 98.7 Å². The molecule has 0 aromatic heterocycles. The van der Waals surface area contributed by atoms with Crippen LogP contribution in [0.2, 0.25) is 0 Å². The average Bonchev–Trinajstić information content (AvgIpc) is 3.47. The third-order valence-corrected chi connectivity index (χ3v) is 9.97. The first-order valence-corrected chi connectivity index (χ1v) is 16.0. The highest BCUT2D eigenvalue weighted by Crippen LogP contribution is 2.56. The van der Waals surface area contributed by atoms with E-state index in [-0.39, 0.29) is 0 Å². The van der Waals surface area contributed by atoms with E-state index in [1.54, 1.807) is 0 Å². The number of rotatable bonds is 3. The molecule has 0 heteroatoms. The summed E-state index contributed by atoms with van der Waals surface area (Å²) in [6.45, 7) is 0. The van der Waals surface area contributed by atoms with Crippen LogP contribution in [0.5, 0.6) is 0 Å². The predicted octanol–water partition coefficient (Wildman–Crippen LogP) is 12.9. The Kier molecular flexibility index (Phi) is 5.38. The molecule has 0 saturated heterocycles. The number of benzene rings is 9. The van der Waals surface area contributed by atoms with E-state index in [4.69, 9.17) is 0 Å². The summed E-state index contributed by atoms with van der Waals surface area (Å²) in [5.41, 5.74) is 12.9. The number of hydrogen-bond donors (Lipinski definition) is 0. The Morgan fingerprint density at radius 1 is 0.239 bits per heavy atom. The maximum absolute atomic E-state index is 2.40. The normalized spacial score (nSPS) is 11.9. The zero-order valence-corrected chi connectivity index (χ0v) is 25.2. The maximum Gasteiger partial charge on any atom is -0.00137 e. The van der Waals surface area contributed by atoms with Crippen molar-refractivity contribution in [2.24, 2.45) is 0 Å². The minimum absolute atomic E-state index is 1.23. The molecule has 0 nitrogen and oxygen atoms in total. The van der Waals surface area contributed by atoms with Crippen molar-refractivity contribution in [1.82, 2.24) is 0 Å². The standard InChI is InChI=1S/C46H28/c1-2-12-29(13-3-1)41-26-31-14-4-5-15-32(31)27-43(41)38-25-24-37(45-39-22-10-17-30-18-11-23-40(44(30)39)46(38)45)42-28-33-16-6-7-19-34(33)35-20-8-9-21-36(35)42/h1-28H. The van der Waals surface area contributed by atoms with Gasteiger partial charge < -0.3 is 0 Å². The highest BCUT2D eigenvalue weighted by molar-refractivity contribution is 6.24. The Hall–Kier alpha value is -5.98. The maximum atomic E-state index is 2.40. The fourth-order valence-electron chi connectivity index (χ4n) is 7.97. The largest absolute Gasteiger partial charge is 0.0622 e. The summed E-state index contributed by atoms with van der Waals surface area (Å²) in [4.78, 5) is 0. The van der Waals surface area contributed by atoms with Gasteiger partial charge in [0.1, 0.15) is 0 Å². The topological polar surface area (TPSA) is 0 Å². The van der Waals surface area contributed by atoms with Crippen molar-refractivity contribution in [3.63, 3.8) is 0 Å². The lowest BCUT2D eigenvalue weighted by Gasteiger charge is -2.20. The molecule has 0 spiro atoms. The average molecular weight is 581 g/mol. The van der Waals surface area contributed by atoms with Gasteiger partial charge in [0.25, 0.3) is 0 Å². The van der Waals surface area contributed by atoms with E-state index in [1.165, 1.54) is 98.7 Å². The van der Waals surface area contributed by atoms with Crippen LogP contribution in [0.15, 0.2) is 170 Å². The van der Waals surface area contributed by atoms with Gasteiger partial charge in [0.15, 0.2) is 0 Å². The zero-order chi connectivity index (χ0) is 30.2. The lowest BCUT2D eigenvalue weighted by Crippen LogP contribution is -1.93. The third-order valence-electron chi connectivity index (χ3n) is 9.97. The van der Waals surface area contributed by atoms with Crippen molar-refractivity contribution in [2.75, 3.05) is 0 Å². The first-order chi connectivity index (χ1) is 22.8. The fraction of sp³-hybridized carbons (Fsp3) is 0. The molecule has 0 bridgehead atoms. The second-order valence-electron chi connectivity index (χ2n) is 12.4. The second-order valence-corrected chi connectivity index (χ2v) is 12.4. The van der Waals surface area contributed by atoms with E-state index in [0.29, 0.717) is 0 Å². The van der Waals surface area contributed by atoms with Gasteiger partial charge in [-0.25, -0.2) is 0 Å². The molecule has 0 unspecified atom stereocenters. The summed E-state index contributed by atoms with van der Waals surface area (Å²) in [6.07, 6.45) is 0. The molecular weight excluding hydrogens is 553 g/mol. The van der Waals surface area contributed by atoms with Gasteiger partial charge in [0.05, 0.1) is 0 Å². The molecule has 10 rings (SSSR count). The van der Waals surface area contributed by atoms with E-state index in [1.807, 2.05) is 0 Å². The highest BCUT2D eigenvalue weighted by Gasteiger charge is 2.29. The molecule has 0 aliphatic heterocycles. The molecule has 0 atom stereocenters. The van der Waals surface area contributed by atoms with Gasteiger partial charge >= 0.3 is 0 Å². The number of fused-ring (bicyclic) bond motifs is 7.